The fraction of sp³-hybridized carbons (Fsp3) is 0.846. The van der Waals surface area contributed by atoms with Crippen molar-refractivity contribution in [3.05, 3.63) is 12.2 Å². The minimum atomic E-state index is 0.211. The van der Waals surface area contributed by atoms with Crippen LogP contribution in [0.3, 0.4) is 0 Å². The fourth-order valence-electron chi connectivity index (χ4n) is 1.82. The molecule has 17 heavy (non-hydrogen) atoms. The molecule has 0 amide bonds. The van der Waals surface area contributed by atoms with Gasteiger partial charge in [0.25, 0.3) is 0 Å². The van der Waals surface area contributed by atoms with E-state index in [1.165, 1.54) is 6.42 Å². The lowest BCUT2D eigenvalue weighted by atomic mass is 10.0. The number of nitrogens with one attached hydrogen (secondary N) is 1. The van der Waals surface area contributed by atoms with E-state index in [9.17, 15) is 0 Å². The third-order valence-corrected chi connectivity index (χ3v) is 2.82. The Labute approximate surface area is 105 Å². The summed E-state index contributed by atoms with van der Waals surface area (Å²) in [4.78, 5) is 4.32. The zero-order valence-corrected chi connectivity index (χ0v) is 11.8. The van der Waals surface area contributed by atoms with Gasteiger partial charge in [0.1, 0.15) is 12.2 Å². The van der Waals surface area contributed by atoms with Gasteiger partial charge >= 0.3 is 0 Å². The summed E-state index contributed by atoms with van der Waals surface area (Å²) in [5.41, 5.74) is 0.211. The van der Waals surface area contributed by atoms with Crippen molar-refractivity contribution in [2.75, 3.05) is 6.54 Å². The van der Waals surface area contributed by atoms with Crippen LogP contribution in [0.15, 0.2) is 6.33 Å². The lowest BCUT2D eigenvalue weighted by molar-refractivity contribution is 0.389. The van der Waals surface area contributed by atoms with E-state index in [2.05, 4.69) is 50.0 Å². The molecule has 1 unspecified atom stereocenters. The van der Waals surface area contributed by atoms with Gasteiger partial charge in [0.2, 0.25) is 0 Å². The summed E-state index contributed by atoms with van der Waals surface area (Å²) in [5, 5.41) is 7.72. The lowest BCUT2D eigenvalue weighted by Gasteiger charge is -2.21. The van der Waals surface area contributed by atoms with Crippen LogP contribution in [0.1, 0.15) is 46.9 Å². The Morgan fingerprint density at radius 3 is 2.71 bits per heavy atom. The highest BCUT2D eigenvalue weighted by Crippen LogP contribution is 2.10. The highest BCUT2D eigenvalue weighted by molar-refractivity contribution is 4.86. The summed E-state index contributed by atoms with van der Waals surface area (Å²) < 4.78 is 1.98. The maximum absolute atomic E-state index is 4.32. The normalized spacial score (nSPS) is 13.9. The third-order valence-electron chi connectivity index (χ3n) is 2.82. The molecule has 0 aliphatic rings. The molecule has 0 fully saturated rings. The number of hydrogen-bond acceptors (Lipinski definition) is 3. The van der Waals surface area contributed by atoms with Crippen LogP contribution < -0.4 is 5.32 Å². The maximum Gasteiger partial charge on any atom is 0.138 e. The minimum Gasteiger partial charge on any atom is -0.312 e. The predicted octanol–water partition coefficient (Wildman–Crippen LogP) is 2.25. The molecule has 1 aromatic heterocycles. The smallest absolute Gasteiger partial charge is 0.138 e. The second-order valence-electron chi connectivity index (χ2n) is 5.77. The van der Waals surface area contributed by atoms with E-state index in [-0.39, 0.29) is 5.54 Å². The molecule has 1 N–H and O–H groups in total. The fourth-order valence-corrected chi connectivity index (χ4v) is 1.82. The monoisotopic (exact) mass is 238 g/mol. The predicted molar refractivity (Wildman–Crippen MR) is 70.9 cm³/mol. The van der Waals surface area contributed by atoms with Crippen molar-refractivity contribution < 1.29 is 0 Å². The molecule has 0 saturated carbocycles. The summed E-state index contributed by atoms with van der Waals surface area (Å²) in [6, 6.07) is 0. The van der Waals surface area contributed by atoms with Crippen molar-refractivity contribution in [2.45, 2.75) is 59.5 Å². The van der Waals surface area contributed by atoms with Gasteiger partial charge in [-0.2, -0.15) is 5.10 Å². The van der Waals surface area contributed by atoms with E-state index in [1.54, 1.807) is 6.33 Å². The van der Waals surface area contributed by atoms with Gasteiger partial charge in [0, 0.05) is 18.5 Å². The number of aryl methyl sites for hydroxylation is 1. The second-order valence-corrected chi connectivity index (χ2v) is 5.77. The molecule has 0 aliphatic heterocycles. The standard InChI is InChI=1S/C13H26N4/c1-6-17-12(14-10-16-17)9-11(2)7-8-15-13(3,4)5/h10-11,15H,6-9H2,1-5H3. The molecule has 0 aromatic carbocycles. The first-order chi connectivity index (χ1) is 7.92. The van der Waals surface area contributed by atoms with Crippen LogP contribution in [-0.2, 0) is 13.0 Å². The van der Waals surface area contributed by atoms with Crippen LogP contribution in [0.4, 0.5) is 0 Å². The Kier molecular flexibility index (Phi) is 5.12. The Balaban J connectivity index is 2.32. The van der Waals surface area contributed by atoms with Crippen LogP contribution in [0.2, 0.25) is 0 Å². The van der Waals surface area contributed by atoms with Gasteiger partial charge < -0.3 is 5.32 Å². The van der Waals surface area contributed by atoms with Gasteiger partial charge in [0.05, 0.1) is 0 Å². The molecule has 4 heteroatoms. The molecule has 1 aromatic rings. The van der Waals surface area contributed by atoms with Gasteiger partial charge in [-0.25, -0.2) is 4.98 Å². The summed E-state index contributed by atoms with van der Waals surface area (Å²) in [7, 11) is 0. The quantitative estimate of drug-likeness (QED) is 0.826. The molecule has 0 saturated heterocycles. The van der Waals surface area contributed by atoms with E-state index < -0.39 is 0 Å². The Morgan fingerprint density at radius 1 is 1.41 bits per heavy atom. The van der Waals surface area contributed by atoms with E-state index in [4.69, 9.17) is 0 Å². The van der Waals surface area contributed by atoms with Crippen LogP contribution >= 0.6 is 0 Å². The van der Waals surface area contributed by atoms with Gasteiger partial charge in [-0.1, -0.05) is 6.92 Å². The molecular weight excluding hydrogens is 212 g/mol. The average molecular weight is 238 g/mol. The SMILES string of the molecule is CCn1ncnc1CC(C)CCNC(C)(C)C. The first kappa shape index (κ1) is 14.2. The highest BCUT2D eigenvalue weighted by Gasteiger charge is 2.11. The molecule has 98 valence electrons. The molecule has 0 aliphatic carbocycles. The summed E-state index contributed by atoms with van der Waals surface area (Å²) in [5.74, 6) is 1.75. The van der Waals surface area contributed by atoms with Gasteiger partial charge in [0.15, 0.2) is 0 Å². The van der Waals surface area contributed by atoms with E-state index >= 15 is 0 Å². The molecule has 0 radical (unpaired) electrons. The first-order valence-electron chi connectivity index (χ1n) is 6.54. The average Bonchev–Trinajstić information content (AvgIpc) is 2.63. The van der Waals surface area contributed by atoms with Gasteiger partial charge in [-0.05, 0) is 46.6 Å². The largest absolute Gasteiger partial charge is 0.312 e. The Hall–Kier alpha value is -0.900. The van der Waals surface area contributed by atoms with Crippen LogP contribution in [-0.4, -0.2) is 26.8 Å². The molecule has 1 rings (SSSR count). The maximum atomic E-state index is 4.32. The third kappa shape index (κ3) is 5.31. The summed E-state index contributed by atoms with van der Waals surface area (Å²) in [6.07, 6.45) is 3.84. The number of rotatable bonds is 6. The van der Waals surface area contributed by atoms with Gasteiger partial charge in [-0.15, -0.1) is 0 Å². The molecule has 1 atom stereocenters. The first-order valence-corrected chi connectivity index (χ1v) is 6.54. The molecular formula is C13H26N4. The number of hydrogen-bond donors (Lipinski definition) is 1. The van der Waals surface area contributed by atoms with E-state index in [0.29, 0.717) is 5.92 Å². The number of aromatic nitrogens is 3. The second kappa shape index (κ2) is 6.15. The summed E-state index contributed by atoms with van der Waals surface area (Å²) >= 11 is 0. The number of nitrogens with zero attached hydrogens (tertiary/aromatic N) is 3. The highest BCUT2D eigenvalue weighted by atomic mass is 15.3. The topological polar surface area (TPSA) is 42.7 Å². The lowest BCUT2D eigenvalue weighted by Crippen LogP contribution is -2.37. The molecule has 0 bridgehead atoms. The van der Waals surface area contributed by atoms with E-state index in [0.717, 1.165) is 25.3 Å². The molecule has 1 heterocycles. The van der Waals surface area contributed by atoms with Crippen molar-refractivity contribution in [3.8, 4) is 0 Å². The van der Waals surface area contributed by atoms with Crippen LogP contribution in [0.25, 0.3) is 0 Å². The zero-order valence-electron chi connectivity index (χ0n) is 11.8. The summed E-state index contributed by atoms with van der Waals surface area (Å²) in [6.45, 7) is 12.9. The van der Waals surface area contributed by atoms with Crippen molar-refractivity contribution >= 4 is 0 Å². The van der Waals surface area contributed by atoms with Crippen molar-refractivity contribution in [1.82, 2.24) is 20.1 Å². The molecule has 4 nitrogen and oxygen atoms in total. The van der Waals surface area contributed by atoms with Crippen LogP contribution in [0.5, 0.6) is 0 Å². The van der Waals surface area contributed by atoms with Gasteiger partial charge in [-0.3, -0.25) is 4.68 Å². The van der Waals surface area contributed by atoms with E-state index in [1.807, 2.05) is 4.68 Å². The van der Waals surface area contributed by atoms with Crippen LogP contribution in [0, 0.1) is 5.92 Å². The molecule has 0 spiro atoms. The van der Waals surface area contributed by atoms with Crippen molar-refractivity contribution in [3.63, 3.8) is 0 Å². The minimum absolute atomic E-state index is 0.211. The zero-order chi connectivity index (χ0) is 12.9. The Morgan fingerprint density at radius 2 is 2.12 bits per heavy atom. The van der Waals surface area contributed by atoms with Crippen molar-refractivity contribution in [1.29, 1.82) is 0 Å². The Bertz CT molecular complexity index is 324. The van der Waals surface area contributed by atoms with Crippen molar-refractivity contribution in [2.24, 2.45) is 5.92 Å².